The van der Waals surface area contributed by atoms with Gasteiger partial charge in [0.05, 0.1) is 6.61 Å². The lowest BCUT2D eigenvalue weighted by molar-refractivity contribution is 0.161. The number of ether oxygens (including phenoxy) is 3. The first-order chi connectivity index (χ1) is 11.7. The van der Waals surface area contributed by atoms with Crippen LogP contribution in [0.1, 0.15) is 12.0 Å². The van der Waals surface area contributed by atoms with Crippen LogP contribution in [0.3, 0.4) is 0 Å². The molecule has 0 saturated carbocycles. The molecule has 0 fully saturated rings. The van der Waals surface area contributed by atoms with Crippen LogP contribution in [0, 0.1) is 0 Å². The van der Waals surface area contributed by atoms with Gasteiger partial charge in [0, 0.05) is 33.8 Å². The Labute approximate surface area is 167 Å². The van der Waals surface area contributed by atoms with Crippen molar-refractivity contribution in [3.8, 4) is 11.5 Å². The van der Waals surface area contributed by atoms with Crippen molar-refractivity contribution in [1.29, 1.82) is 0 Å². The van der Waals surface area contributed by atoms with Crippen LogP contribution in [0.4, 0.5) is 0 Å². The Hall–Kier alpha value is -1.26. The van der Waals surface area contributed by atoms with E-state index < -0.39 is 0 Å². The number of fused-ring (bicyclic) bond motifs is 1. The van der Waals surface area contributed by atoms with Gasteiger partial charge in [-0.05, 0) is 37.7 Å². The molecule has 1 heterocycles. The fraction of sp³-hybridized carbons (Fsp3) is 0.588. The molecule has 0 amide bonds. The van der Waals surface area contributed by atoms with Gasteiger partial charge in [-0.15, -0.1) is 24.0 Å². The third-order valence-electron chi connectivity index (χ3n) is 3.81. The highest BCUT2D eigenvalue weighted by molar-refractivity contribution is 14.0. The predicted molar refractivity (Wildman–Crippen MR) is 110 cm³/mol. The fourth-order valence-electron chi connectivity index (χ4n) is 2.37. The first-order valence-electron chi connectivity index (χ1n) is 8.23. The summed E-state index contributed by atoms with van der Waals surface area (Å²) in [5, 5.41) is 6.64. The van der Waals surface area contributed by atoms with E-state index in [1.54, 1.807) is 14.2 Å². The number of nitrogens with zero attached hydrogens (tertiary/aromatic N) is 2. The van der Waals surface area contributed by atoms with Gasteiger partial charge >= 0.3 is 0 Å². The SMILES string of the molecule is CN=C(NCCCN(C)CCOC)NCc1ccc2c(c1)OCO2.I. The Morgan fingerprint density at radius 2 is 2.04 bits per heavy atom. The van der Waals surface area contributed by atoms with Gasteiger partial charge in [0.25, 0.3) is 0 Å². The Balaban J connectivity index is 0.00000312. The summed E-state index contributed by atoms with van der Waals surface area (Å²) in [7, 11) is 5.61. The van der Waals surface area contributed by atoms with Crippen molar-refractivity contribution in [1.82, 2.24) is 15.5 Å². The fourth-order valence-corrected chi connectivity index (χ4v) is 2.37. The van der Waals surface area contributed by atoms with Gasteiger partial charge in [-0.1, -0.05) is 6.07 Å². The summed E-state index contributed by atoms with van der Waals surface area (Å²) in [6, 6.07) is 5.96. The van der Waals surface area contributed by atoms with E-state index in [9.17, 15) is 0 Å². The number of methoxy groups -OCH3 is 1. The summed E-state index contributed by atoms with van der Waals surface area (Å²) < 4.78 is 15.8. The summed E-state index contributed by atoms with van der Waals surface area (Å²) in [6.07, 6.45) is 1.05. The summed E-state index contributed by atoms with van der Waals surface area (Å²) in [4.78, 5) is 6.50. The summed E-state index contributed by atoms with van der Waals surface area (Å²) in [5.74, 6) is 2.41. The number of benzene rings is 1. The van der Waals surface area contributed by atoms with E-state index in [4.69, 9.17) is 14.2 Å². The molecule has 1 aromatic rings. The van der Waals surface area contributed by atoms with Gasteiger partial charge in [-0.3, -0.25) is 4.99 Å². The minimum atomic E-state index is 0. The average Bonchev–Trinajstić information content (AvgIpc) is 3.07. The zero-order chi connectivity index (χ0) is 17.2. The van der Waals surface area contributed by atoms with Crippen molar-refractivity contribution in [2.75, 3.05) is 54.2 Å². The molecule has 0 radical (unpaired) electrons. The number of hydrogen-bond donors (Lipinski definition) is 2. The number of likely N-dealkylation sites (N-methyl/N-ethyl adjacent to an activating group) is 1. The molecule has 25 heavy (non-hydrogen) atoms. The molecule has 0 bridgehead atoms. The Bertz CT molecular complexity index is 543. The first-order valence-corrected chi connectivity index (χ1v) is 8.23. The van der Waals surface area contributed by atoms with Crippen molar-refractivity contribution < 1.29 is 14.2 Å². The minimum Gasteiger partial charge on any atom is -0.454 e. The van der Waals surface area contributed by atoms with E-state index in [0.29, 0.717) is 13.3 Å². The lowest BCUT2D eigenvalue weighted by Gasteiger charge is -2.17. The van der Waals surface area contributed by atoms with Crippen molar-refractivity contribution in [2.24, 2.45) is 4.99 Å². The number of nitrogens with one attached hydrogen (secondary N) is 2. The van der Waals surface area contributed by atoms with E-state index in [2.05, 4.69) is 27.6 Å². The molecule has 0 aliphatic carbocycles. The van der Waals surface area contributed by atoms with Gasteiger partial charge in [-0.25, -0.2) is 0 Å². The number of aliphatic imine (C=N–C) groups is 1. The first kappa shape index (κ1) is 21.8. The molecule has 1 aliphatic rings. The molecule has 7 nitrogen and oxygen atoms in total. The highest BCUT2D eigenvalue weighted by Crippen LogP contribution is 2.32. The Morgan fingerprint density at radius 1 is 1.24 bits per heavy atom. The molecular weight excluding hydrogens is 435 g/mol. The normalized spacial score (nSPS) is 12.9. The van der Waals surface area contributed by atoms with Gasteiger partial charge < -0.3 is 29.7 Å². The van der Waals surface area contributed by atoms with Crippen LogP contribution in [-0.4, -0.2) is 65.1 Å². The largest absolute Gasteiger partial charge is 0.454 e. The number of halogens is 1. The number of guanidine groups is 1. The summed E-state index contributed by atoms with van der Waals surface area (Å²) >= 11 is 0. The number of hydrogen-bond acceptors (Lipinski definition) is 5. The molecule has 8 heteroatoms. The van der Waals surface area contributed by atoms with Gasteiger partial charge in [0.15, 0.2) is 17.5 Å². The monoisotopic (exact) mass is 464 g/mol. The minimum absolute atomic E-state index is 0. The topological polar surface area (TPSA) is 67.4 Å². The van der Waals surface area contributed by atoms with Gasteiger partial charge in [-0.2, -0.15) is 0 Å². The van der Waals surface area contributed by atoms with E-state index in [1.807, 2.05) is 18.2 Å². The second kappa shape index (κ2) is 12.2. The highest BCUT2D eigenvalue weighted by atomic mass is 127. The van der Waals surface area contributed by atoms with Crippen molar-refractivity contribution in [3.05, 3.63) is 23.8 Å². The second-order valence-corrected chi connectivity index (χ2v) is 5.69. The zero-order valence-electron chi connectivity index (χ0n) is 15.2. The lowest BCUT2D eigenvalue weighted by atomic mass is 10.2. The van der Waals surface area contributed by atoms with Crippen molar-refractivity contribution in [2.45, 2.75) is 13.0 Å². The van der Waals surface area contributed by atoms with Crippen molar-refractivity contribution >= 4 is 29.9 Å². The Morgan fingerprint density at radius 3 is 2.80 bits per heavy atom. The molecule has 2 rings (SSSR count). The van der Waals surface area contributed by atoms with Crippen LogP contribution in [0.5, 0.6) is 11.5 Å². The lowest BCUT2D eigenvalue weighted by Crippen LogP contribution is -2.38. The third-order valence-corrected chi connectivity index (χ3v) is 3.81. The second-order valence-electron chi connectivity index (χ2n) is 5.69. The molecule has 0 atom stereocenters. The van der Waals surface area contributed by atoms with Crippen LogP contribution < -0.4 is 20.1 Å². The van der Waals surface area contributed by atoms with Crippen LogP contribution in [0.15, 0.2) is 23.2 Å². The Kier molecular flexibility index (Phi) is 10.6. The standard InChI is InChI=1S/C17H28N4O3.HI/c1-18-17(19-7-4-8-21(2)9-10-22-3)20-12-14-5-6-15-16(11-14)24-13-23-15;/h5-6,11H,4,7-10,12-13H2,1-3H3,(H2,18,19,20);1H. The molecule has 1 aromatic carbocycles. The summed E-state index contributed by atoms with van der Waals surface area (Å²) in [5.41, 5.74) is 1.13. The third kappa shape index (κ3) is 7.66. The molecule has 0 saturated heterocycles. The van der Waals surface area contributed by atoms with E-state index >= 15 is 0 Å². The predicted octanol–water partition coefficient (Wildman–Crippen LogP) is 1.67. The van der Waals surface area contributed by atoms with Crippen LogP contribution in [0.25, 0.3) is 0 Å². The molecule has 0 unspecified atom stereocenters. The molecule has 0 spiro atoms. The van der Waals surface area contributed by atoms with E-state index in [-0.39, 0.29) is 24.0 Å². The summed E-state index contributed by atoms with van der Waals surface area (Å²) in [6.45, 7) is 4.60. The van der Waals surface area contributed by atoms with E-state index in [1.165, 1.54) is 0 Å². The smallest absolute Gasteiger partial charge is 0.231 e. The van der Waals surface area contributed by atoms with Crippen LogP contribution in [-0.2, 0) is 11.3 Å². The van der Waals surface area contributed by atoms with Gasteiger partial charge in [0.1, 0.15) is 0 Å². The maximum atomic E-state index is 5.39. The molecule has 2 N–H and O–H groups in total. The highest BCUT2D eigenvalue weighted by Gasteiger charge is 2.13. The molecular formula is C17H29IN4O3. The van der Waals surface area contributed by atoms with Gasteiger partial charge in [0.2, 0.25) is 6.79 Å². The number of rotatable bonds is 9. The van der Waals surface area contributed by atoms with Crippen LogP contribution >= 0.6 is 24.0 Å². The maximum absolute atomic E-state index is 5.39. The average molecular weight is 464 g/mol. The van der Waals surface area contributed by atoms with Crippen molar-refractivity contribution in [3.63, 3.8) is 0 Å². The maximum Gasteiger partial charge on any atom is 0.231 e. The zero-order valence-corrected chi connectivity index (χ0v) is 17.5. The molecule has 142 valence electrons. The molecule has 1 aliphatic heterocycles. The molecule has 0 aromatic heterocycles. The quantitative estimate of drug-likeness (QED) is 0.251. The van der Waals surface area contributed by atoms with Crippen LogP contribution in [0.2, 0.25) is 0 Å². The van der Waals surface area contributed by atoms with E-state index in [0.717, 1.165) is 55.7 Å².